The van der Waals surface area contributed by atoms with Crippen molar-refractivity contribution in [2.45, 2.75) is 32.1 Å². The van der Waals surface area contributed by atoms with Gasteiger partial charge in [-0.15, -0.1) is 5.10 Å². The van der Waals surface area contributed by atoms with Gasteiger partial charge < -0.3 is 5.32 Å². The quantitative estimate of drug-likeness (QED) is 0.671. The van der Waals surface area contributed by atoms with E-state index >= 15 is 0 Å². The molecule has 0 radical (unpaired) electrons. The second-order valence-corrected chi connectivity index (χ2v) is 7.06. The average Bonchev–Trinajstić information content (AvgIpc) is 3.20. The number of fused-ring (bicyclic) bond motifs is 3. The lowest BCUT2D eigenvalue weighted by atomic mass is 9.89. The summed E-state index contributed by atoms with van der Waals surface area (Å²) in [6, 6.07) is 11.4. The highest BCUT2D eigenvalue weighted by Gasteiger charge is 2.30. The average molecular weight is 374 g/mol. The van der Waals surface area contributed by atoms with E-state index in [4.69, 9.17) is 0 Å². The lowest BCUT2D eigenvalue weighted by Gasteiger charge is -2.26. The van der Waals surface area contributed by atoms with Gasteiger partial charge in [0.05, 0.1) is 11.4 Å². The number of amides is 2. The molecule has 28 heavy (non-hydrogen) atoms. The van der Waals surface area contributed by atoms with E-state index in [0.717, 1.165) is 42.5 Å². The molecule has 5 rings (SSSR count). The number of carbonyl (C=O) groups excluding carboxylic acids is 2. The smallest absolute Gasteiger partial charge is 0.241 e. The van der Waals surface area contributed by atoms with E-state index < -0.39 is 0 Å². The van der Waals surface area contributed by atoms with Crippen LogP contribution < -0.4 is 10.2 Å². The van der Waals surface area contributed by atoms with Crippen molar-refractivity contribution < 1.29 is 9.59 Å². The van der Waals surface area contributed by atoms with Crippen LogP contribution in [0.4, 0.5) is 17.1 Å². The van der Waals surface area contributed by atoms with Crippen molar-refractivity contribution in [2.24, 2.45) is 0 Å². The van der Waals surface area contributed by atoms with Gasteiger partial charge in [-0.1, -0.05) is 18.2 Å². The molecule has 2 aromatic carbocycles. The molecule has 1 aliphatic carbocycles. The number of nitrogens with zero attached hydrogens (tertiary/aromatic N) is 4. The third kappa shape index (κ3) is 2.74. The van der Waals surface area contributed by atoms with Crippen LogP contribution in [-0.2, 0) is 22.4 Å². The van der Waals surface area contributed by atoms with Gasteiger partial charge in [-0.05, 0) is 65.4 Å². The molecule has 2 aliphatic rings. The summed E-state index contributed by atoms with van der Waals surface area (Å²) < 4.78 is 0. The Balaban J connectivity index is 1.67. The minimum Gasteiger partial charge on any atom is -0.324 e. The monoisotopic (exact) mass is 374 g/mol. The number of aromatic amines is 1. The molecule has 0 spiro atoms. The molecule has 2 N–H and O–H groups in total. The number of benzene rings is 2. The van der Waals surface area contributed by atoms with Crippen molar-refractivity contribution in [3.05, 3.63) is 47.5 Å². The highest BCUT2D eigenvalue weighted by atomic mass is 16.2. The van der Waals surface area contributed by atoms with Gasteiger partial charge in [0.25, 0.3) is 0 Å². The summed E-state index contributed by atoms with van der Waals surface area (Å²) in [4.78, 5) is 27.0. The number of tetrazole rings is 1. The van der Waals surface area contributed by atoms with Gasteiger partial charge in [0.2, 0.25) is 11.8 Å². The maximum absolute atomic E-state index is 13.0. The summed E-state index contributed by atoms with van der Waals surface area (Å²) in [5, 5.41) is 16.9. The van der Waals surface area contributed by atoms with Crippen molar-refractivity contribution in [2.75, 3.05) is 10.2 Å². The SMILES string of the molecule is O=C1CC(=O)N(c2cccc(-c3nnn[nH]3)c2)c2ccc3c(c2N1)CCCC3. The zero-order valence-corrected chi connectivity index (χ0v) is 15.1. The first-order valence-corrected chi connectivity index (χ1v) is 9.32. The van der Waals surface area contributed by atoms with Crippen LogP contribution in [0.2, 0.25) is 0 Å². The van der Waals surface area contributed by atoms with Gasteiger partial charge in [0.15, 0.2) is 5.82 Å². The Morgan fingerprint density at radius 2 is 1.93 bits per heavy atom. The zero-order chi connectivity index (χ0) is 19.1. The first-order chi connectivity index (χ1) is 13.7. The molecular weight excluding hydrogens is 356 g/mol. The summed E-state index contributed by atoms with van der Waals surface area (Å²) in [6.07, 6.45) is 3.94. The highest BCUT2D eigenvalue weighted by Crippen LogP contribution is 2.41. The largest absolute Gasteiger partial charge is 0.324 e. The standard InChI is InChI=1S/C20H18N6O2/c27-17-11-18(28)26(14-6-3-5-13(10-14)20-22-24-25-23-20)16-9-8-12-4-1-2-7-15(12)19(16)21-17/h3,5-6,8-10H,1-2,4,7,11H2,(H,21,27)(H,22,23,24,25). The van der Waals surface area contributed by atoms with Crippen molar-refractivity contribution in [1.29, 1.82) is 0 Å². The molecule has 8 heteroatoms. The third-order valence-electron chi connectivity index (χ3n) is 5.30. The molecule has 0 bridgehead atoms. The van der Waals surface area contributed by atoms with E-state index in [0.29, 0.717) is 17.2 Å². The predicted molar refractivity (Wildman–Crippen MR) is 103 cm³/mol. The van der Waals surface area contributed by atoms with E-state index in [-0.39, 0.29) is 18.2 Å². The molecule has 0 saturated heterocycles. The molecule has 2 heterocycles. The predicted octanol–water partition coefficient (Wildman–Crippen LogP) is 2.75. The van der Waals surface area contributed by atoms with Crippen LogP contribution in [0.25, 0.3) is 11.4 Å². The molecule has 1 aromatic heterocycles. The van der Waals surface area contributed by atoms with Crippen LogP contribution in [0, 0.1) is 0 Å². The van der Waals surface area contributed by atoms with Crippen LogP contribution in [0.5, 0.6) is 0 Å². The Hall–Kier alpha value is -3.55. The summed E-state index contributed by atoms with van der Waals surface area (Å²) in [6.45, 7) is 0. The number of H-pyrrole nitrogens is 1. The van der Waals surface area contributed by atoms with E-state index in [2.05, 4.69) is 32.0 Å². The van der Waals surface area contributed by atoms with Gasteiger partial charge in [0, 0.05) is 11.3 Å². The molecule has 0 unspecified atom stereocenters. The lowest BCUT2D eigenvalue weighted by Crippen LogP contribution is -2.26. The minimum atomic E-state index is -0.275. The van der Waals surface area contributed by atoms with Crippen LogP contribution in [0.1, 0.15) is 30.4 Å². The molecule has 0 saturated carbocycles. The highest BCUT2D eigenvalue weighted by molar-refractivity contribution is 6.17. The van der Waals surface area contributed by atoms with Gasteiger partial charge >= 0.3 is 0 Å². The van der Waals surface area contributed by atoms with Crippen molar-refractivity contribution in [1.82, 2.24) is 20.6 Å². The molecule has 0 atom stereocenters. The fourth-order valence-corrected chi connectivity index (χ4v) is 4.03. The number of aromatic nitrogens is 4. The second-order valence-electron chi connectivity index (χ2n) is 7.06. The number of hydrogen-bond acceptors (Lipinski definition) is 5. The molecule has 2 amide bonds. The summed E-state index contributed by atoms with van der Waals surface area (Å²) >= 11 is 0. The maximum atomic E-state index is 13.0. The molecule has 0 fully saturated rings. The molecule has 8 nitrogen and oxygen atoms in total. The normalized spacial score (nSPS) is 16.2. The number of nitrogens with one attached hydrogen (secondary N) is 2. The maximum Gasteiger partial charge on any atom is 0.241 e. The summed E-state index contributed by atoms with van der Waals surface area (Å²) in [7, 11) is 0. The van der Waals surface area contributed by atoms with Gasteiger partial charge in [-0.25, -0.2) is 5.10 Å². The Morgan fingerprint density at radius 1 is 1.04 bits per heavy atom. The first kappa shape index (κ1) is 16.6. The van der Waals surface area contributed by atoms with Gasteiger partial charge in [-0.2, -0.15) is 0 Å². The van der Waals surface area contributed by atoms with Crippen molar-refractivity contribution >= 4 is 28.9 Å². The van der Waals surface area contributed by atoms with Crippen molar-refractivity contribution in [3.63, 3.8) is 0 Å². The molecule has 1 aliphatic heterocycles. The van der Waals surface area contributed by atoms with Crippen LogP contribution >= 0.6 is 0 Å². The summed E-state index contributed by atoms with van der Waals surface area (Å²) in [5.74, 6) is -0.0212. The first-order valence-electron chi connectivity index (χ1n) is 9.32. The van der Waals surface area contributed by atoms with E-state index in [1.54, 1.807) is 4.90 Å². The Kier molecular flexibility index (Phi) is 3.89. The topological polar surface area (TPSA) is 104 Å². The Labute approximate surface area is 160 Å². The second kappa shape index (κ2) is 6.56. The van der Waals surface area contributed by atoms with Crippen molar-refractivity contribution in [3.8, 4) is 11.4 Å². The van der Waals surface area contributed by atoms with Crippen LogP contribution in [-0.4, -0.2) is 32.4 Å². The van der Waals surface area contributed by atoms with Crippen LogP contribution in [0.15, 0.2) is 36.4 Å². The Bertz CT molecular complexity index is 1080. The fourth-order valence-electron chi connectivity index (χ4n) is 4.03. The number of rotatable bonds is 2. The summed E-state index contributed by atoms with van der Waals surface area (Å²) in [5.41, 5.74) is 5.31. The van der Waals surface area contributed by atoms with E-state index in [9.17, 15) is 9.59 Å². The number of anilines is 3. The number of aryl methyl sites for hydroxylation is 1. The lowest BCUT2D eigenvalue weighted by molar-refractivity contribution is -0.124. The van der Waals surface area contributed by atoms with E-state index in [1.807, 2.05) is 30.3 Å². The third-order valence-corrected chi connectivity index (χ3v) is 5.30. The number of carbonyl (C=O) groups is 2. The zero-order valence-electron chi connectivity index (χ0n) is 15.1. The van der Waals surface area contributed by atoms with E-state index in [1.165, 1.54) is 5.56 Å². The van der Waals surface area contributed by atoms with Crippen LogP contribution in [0.3, 0.4) is 0 Å². The number of hydrogen-bond donors (Lipinski definition) is 2. The molecule has 140 valence electrons. The fraction of sp³-hybridized carbons (Fsp3) is 0.250. The minimum absolute atomic E-state index is 0.197. The van der Waals surface area contributed by atoms with Gasteiger partial charge in [0.1, 0.15) is 6.42 Å². The molecular formula is C20H18N6O2. The van der Waals surface area contributed by atoms with Gasteiger partial charge in [-0.3, -0.25) is 14.5 Å². The molecule has 3 aromatic rings. The Morgan fingerprint density at radius 3 is 2.79 bits per heavy atom.